The van der Waals surface area contributed by atoms with Crippen molar-refractivity contribution in [3.63, 3.8) is 0 Å². The van der Waals surface area contributed by atoms with Crippen LogP contribution in [0.4, 0.5) is 13.2 Å². The van der Waals surface area contributed by atoms with Gasteiger partial charge in [0.25, 0.3) is 0 Å². The molecule has 1 atom stereocenters. The number of benzene rings is 2. The second-order valence-corrected chi connectivity index (χ2v) is 5.70. The Bertz CT molecular complexity index is 636. The molecule has 0 fully saturated rings. The summed E-state index contributed by atoms with van der Waals surface area (Å²) in [7, 11) is 0. The zero-order chi connectivity index (χ0) is 15.8. The lowest BCUT2D eigenvalue weighted by molar-refractivity contribution is -0.138. The van der Waals surface area contributed by atoms with Gasteiger partial charge in [-0.3, -0.25) is 0 Å². The number of rotatable bonds is 2. The normalized spacial score (nSPS) is 13.3. The lowest BCUT2D eigenvalue weighted by atomic mass is 9.91. The van der Waals surface area contributed by atoms with Gasteiger partial charge in [0.15, 0.2) is 0 Å². The van der Waals surface area contributed by atoms with Gasteiger partial charge < -0.3 is 0 Å². The minimum atomic E-state index is -4.41. The Morgan fingerprint density at radius 1 is 0.952 bits per heavy atom. The van der Waals surface area contributed by atoms with Crippen LogP contribution in [0.15, 0.2) is 36.4 Å². The van der Waals surface area contributed by atoms with Crippen LogP contribution in [0, 0.1) is 20.8 Å². The topological polar surface area (TPSA) is 0 Å². The SMILES string of the molecule is Cc1cc(C)c(C(Cl)c2ccccc2C(F)(F)F)c(C)c1. The molecular formula is C17H16ClF3. The van der Waals surface area contributed by atoms with Gasteiger partial charge in [-0.1, -0.05) is 35.9 Å². The van der Waals surface area contributed by atoms with Crippen molar-refractivity contribution in [3.8, 4) is 0 Å². The van der Waals surface area contributed by atoms with E-state index in [9.17, 15) is 13.2 Å². The third kappa shape index (κ3) is 3.24. The van der Waals surface area contributed by atoms with Gasteiger partial charge in [-0.05, 0) is 49.1 Å². The summed E-state index contributed by atoms with van der Waals surface area (Å²) >= 11 is 6.41. The first kappa shape index (κ1) is 15.9. The summed E-state index contributed by atoms with van der Waals surface area (Å²) in [6.07, 6.45) is -4.41. The molecule has 4 heteroatoms. The van der Waals surface area contributed by atoms with Crippen LogP contribution in [0.5, 0.6) is 0 Å². The zero-order valence-corrected chi connectivity index (χ0v) is 12.8. The Balaban J connectivity index is 2.59. The second-order valence-electron chi connectivity index (χ2n) is 5.26. The number of halogens is 4. The highest BCUT2D eigenvalue weighted by atomic mass is 35.5. The fourth-order valence-corrected chi connectivity index (χ4v) is 3.26. The summed E-state index contributed by atoms with van der Waals surface area (Å²) in [5.41, 5.74) is 3.06. The Hall–Kier alpha value is -1.48. The highest BCUT2D eigenvalue weighted by molar-refractivity contribution is 6.23. The van der Waals surface area contributed by atoms with E-state index in [2.05, 4.69) is 0 Å². The van der Waals surface area contributed by atoms with Crippen molar-refractivity contribution in [2.45, 2.75) is 32.3 Å². The number of alkyl halides is 4. The first-order chi connectivity index (χ1) is 9.71. The van der Waals surface area contributed by atoms with E-state index in [1.165, 1.54) is 12.1 Å². The molecule has 0 saturated heterocycles. The molecule has 2 aromatic rings. The first-order valence-corrected chi connectivity index (χ1v) is 7.03. The highest BCUT2D eigenvalue weighted by Crippen LogP contribution is 2.41. The first-order valence-electron chi connectivity index (χ1n) is 6.59. The molecule has 0 aliphatic carbocycles. The van der Waals surface area contributed by atoms with Crippen molar-refractivity contribution < 1.29 is 13.2 Å². The van der Waals surface area contributed by atoms with Crippen molar-refractivity contribution in [2.75, 3.05) is 0 Å². The predicted molar refractivity (Wildman–Crippen MR) is 79.8 cm³/mol. The largest absolute Gasteiger partial charge is 0.416 e. The van der Waals surface area contributed by atoms with Crippen LogP contribution in [0.1, 0.15) is 38.8 Å². The maximum Gasteiger partial charge on any atom is 0.416 e. The van der Waals surface area contributed by atoms with Gasteiger partial charge in [0.05, 0.1) is 10.9 Å². The van der Waals surface area contributed by atoms with Crippen molar-refractivity contribution in [3.05, 3.63) is 69.8 Å². The van der Waals surface area contributed by atoms with Gasteiger partial charge in [-0.2, -0.15) is 13.2 Å². The van der Waals surface area contributed by atoms with Gasteiger partial charge >= 0.3 is 6.18 Å². The number of aryl methyl sites for hydroxylation is 3. The van der Waals surface area contributed by atoms with Crippen molar-refractivity contribution in [1.29, 1.82) is 0 Å². The molecule has 0 nitrogen and oxygen atoms in total. The molecule has 0 aliphatic heterocycles. The highest BCUT2D eigenvalue weighted by Gasteiger charge is 2.35. The van der Waals surface area contributed by atoms with Crippen LogP contribution in [-0.4, -0.2) is 0 Å². The quantitative estimate of drug-likeness (QED) is 0.600. The average Bonchev–Trinajstić information content (AvgIpc) is 2.36. The minimum Gasteiger partial charge on any atom is -0.166 e. The Morgan fingerprint density at radius 2 is 1.48 bits per heavy atom. The molecule has 0 aromatic heterocycles. The van der Waals surface area contributed by atoms with Gasteiger partial charge in [0.1, 0.15) is 0 Å². The second kappa shape index (κ2) is 5.72. The fourth-order valence-electron chi connectivity index (χ4n) is 2.72. The molecule has 0 N–H and O–H groups in total. The summed E-state index contributed by atoms with van der Waals surface area (Å²) in [5, 5.41) is -0.816. The van der Waals surface area contributed by atoms with Gasteiger partial charge in [-0.15, -0.1) is 11.6 Å². The molecule has 0 radical (unpaired) electrons. The maximum absolute atomic E-state index is 13.1. The molecule has 1 unspecified atom stereocenters. The lowest BCUT2D eigenvalue weighted by Crippen LogP contribution is -2.11. The molecule has 0 spiro atoms. The molecule has 2 rings (SSSR count). The zero-order valence-electron chi connectivity index (χ0n) is 12.1. The van der Waals surface area contributed by atoms with Crippen molar-refractivity contribution in [2.24, 2.45) is 0 Å². The molecular weight excluding hydrogens is 297 g/mol. The third-order valence-corrected chi connectivity index (χ3v) is 3.98. The number of hydrogen-bond donors (Lipinski definition) is 0. The molecule has 0 bridgehead atoms. The Kier molecular flexibility index (Phi) is 4.33. The van der Waals surface area contributed by atoms with E-state index >= 15 is 0 Å². The van der Waals surface area contributed by atoms with Crippen LogP contribution in [0.3, 0.4) is 0 Å². The standard InChI is InChI=1S/C17H16ClF3/c1-10-8-11(2)15(12(3)9-10)16(18)13-6-4-5-7-14(13)17(19,20)21/h4-9,16H,1-3H3. The molecule has 0 aliphatic rings. The van der Waals surface area contributed by atoms with E-state index in [1.807, 2.05) is 32.9 Å². The van der Waals surface area contributed by atoms with Crippen LogP contribution in [0.2, 0.25) is 0 Å². The predicted octanol–water partition coefficient (Wildman–Crippen LogP) is 5.96. The van der Waals surface area contributed by atoms with E-state index in [1.54, 1.807) is 6.07 Å². The summed E-state index contributed by atoms with van der Waals surface area (Å²) in [6.45, 7) is 5.71. The van der Waals surface area contributed by atoms with E-state index in [0.29, 0.717) is 0 Å². The van der Waals surface area contributed by atoms with E-state index in [4.69, 9.17) is 11.6 Å². The minimum absolute atomic E-state index is 0.0988. The van der Waals surface area contributed by atoms with Gasteiger partial charge in [-0.25, -0.2) is 0 Å². The summed E-state index contributed by atoms with van der Waals surface area (Å²) in [6, 6.07) is 9.36. The summed E-state index contributed by atoms with van der Waals surface area (Å²) < 4.78 is 39.4. The Labute approximate surface area is 127 Å². The van der Waals surface area contributed by atoms with Crippen LogP contribution in [0.25, 0.3) is 0 Å². The number of hydrogen-bond acceptors (Lipinski definition) is 0. The molecule has 112 valence electrons. The monoisotopic (exact) mass is 312 g/mol. The molecule has 0 heterocycles. The maximum atomic E-state index is 13.1. The summed E-state index contributed by atoms with van der Waals surface area (Å²) in [5.74, 6) is 0. The molecule has 0 amide bonds. The Morgan fingerprint density at radius 3 is 2.00 bits per heavy atom. The van der Waals surface area contributed by atoms with E-state index in [0.717, 1.165) is 28.3 Å². The van der Waals surface area contributed by atoms with Crippen LogP contribution in [-0.2, 0) is 6.18 Å². The van der Waals surface area contributed by atoms with Crippen LogP contribution < -0.4 is 0 Å². The smallest absolute Gasteiger partial charge is 0.166 e. The molecule has 2 aromatic carbocycles. The van der Waals surface area contributed by atoms with E-state index < -0.39 is 17.1 Å². The van der Waals surface area contributed by atoms with Gasteiger partial charge in [0.2, 0.25) is 0 Å². The van der Waals surface area contributed by atoms with Crippen molar-refractivity contribution in [1.82, 2.24) is 0 Å². The average molecular weight is 313 g/mol. The molecule has 21 heavy (non-hydrogen) atoms. The fraction of sp³-hybridized carbons (Fsp3) is 0.294. The summed E-state index contributed by atoms with van der Waals surface area (Å²) in [4.78, 5) is 0. The lowest BCUT2D eigenvalue weighted by Gasteiger charge is -2.21. The van der Waals surface area contributed by atoms with Crippen molar-refractivity contribution >= 4 is 11.6 Å². The van der Waals surface area contributed by atoms with E-state index in [-0.39, 0.29) is 5.56 Å². The third-order valence-electron chi connectivity index (χ3n) is 3.53. The van der Waals surface area contributed by atoms with Gasteiger partial charge in [0, 0.05) is 0 Å². The molecule has 0 saturated carbocycles. The van der Waals surface area contributed by atoms with Crippen LogP contribution >= 0.6 is 11.6 Å².